The van der Waals surface area contributed by atoms with Gasteiger partial charge in [-0.05, 0) is 130 Å². The predicted octanol–water partition coefficient (Wildman–Crippen LogP) is 11.3. The molecule has 16 bridgehead atoms. The Morgan fingerprint density at radius 3 is 0.698 bits per heavy atom. The van der Waals surface area contributed by atoms with Crippen molar-refractivity contribution in [2.75, 3.05) is 67.1 Å². The van der Waals surface area contributed by atoms with Gasteiger partial charge in [-0.2, -0.15) is 26.3 Å². The quantitative estimate of drug-likeness (QED) is 0.0540. The van der Waals surface area contributed by atoms with E-state index < -0.39 is 31.3 Å². The Morgan fingerprint density at radius 2 is 0.519 bits per heavy atom. The Kier molecular flexibility index (Phi) is 44.0. The van der Waals surface area contributed by atoms with E-state index in [1.807, 2.05) is 170 Å². The summed E-state index contributed by atoms with van der Waals surface area (Å²) in [7, 11) is -10.2. The molecule has 8 aliphatic rings. The number of aliphatic hydroxyl groups excluding tert-OH is 4. The molecular formula is C72H82Ag2F6N2O22S2. The van der Waals surface area contributed by atoms with Crippen LogP contribution in [0.4, 0.5) is 26.3 Å². The fourth-order valence-corrected chi connectivity index (χ4v) is 8.73. The van der Waals surface area contributed by atoms with Gasteiger partial charge in [0, 0.05) is 52.0 Å². The Balaban J connectivity index is 0.000000432. The molecule has 0 spiro atoms. The summed E-state index contributed by atoms with van der Waals surface area (Å²) >= 11 is 0. The molecule has 8 aliphatic heterocycles. The molecule has 0 unspecified atom stereocenters. The molecule has 10 heterocycles. The smallest absolute Gasteiger partial charge is 0.741 e. The van der Waals surface area contributed by atoms with Gasteiger partial charge in [-0.15, -0.1) is 0 Å². The number of benzene rings is 6. The van der Waals surface area contributed by atoms with Crippen molar-refractivity contribution in [3.05, 3.63) is 226 Å². The van der Waals surface area contributed by atoms with Gasteiger partial charge in [-0.1, -0.05) is 60.7 Å². The minimum absolute atomic E-state index is 0. The SMILES string of the molecule is CO.CO.O=S(=O)([O-])C(F)(F)F.O=S(=O)([O-])C(F)(F)F.OCc1cc2cc(c1)OCCCOc1ccc(cc1)COCc1cccc(n1)COCc1ccc(cc1)OCCCO2.OCc1cc2cc(c1)OCCCOc1ccc(cc1)COCc1cccc(n1)COCc1ccc(cc1)OCCCO2.[Ag+].[Ag+]. The number of ether oxygens (including phenoxy) is 12. The van der Waals surface area contributed by atoms with Gasteiger partial charge in [0.2, 0.25) is 0 Å². The van der Waals surface area contributed by atoms with Crippen LogP contribution in [0.3, 0.4) is 0 Å². The first-order valence-corrected chi connectivity index (χ1v) is 34.8. The van der Waals surface area contributed by atoms with E-state index in [9.17, 15) is 36.6 Å². The van der Waals surface area contributed by atoms with Crippen LogP contribution in [-0.4, -0.2) is 134 Å². The van der Waals surface area contributed by atoms with E-state index in [-0.39, 0.29) is 58.0 Å². The molecule has 4 N–H and O–H groups in total. The number of hydrogen-bond donors (Lipinski definition) is 4. The molecule has 0 fully saturated rings. The fourth-order valence-electron chi connectivity index (χ4n) is 8.73. The van der Waals surface area contributed by atoms with Crippen LogP contribution in [0.2, 0.25) is 0 Å². The first-order valence-electron chi connectivity index (χ1n) is 32.0. The first kappa shape index (κ1) is 92.8. The molecule has 0 amide bonds. The van der Waals surface area contributed by atoms with Crippen LogP contribution in [0.25, 0.3) is 0 Å². The molecule has 0 aliphatic carbocycles. The normalized spacial score (nSPS) is 14.5. The van der Waals surface area contributed by atoms with Crippen molar-refractivity contribution in [2.45, 2.75) is 103 Å². The number of aromatic nitrogens is 2. The van der Waals surface area contributed by atoms with Gasteiger partial charge >= 0.3 is 55.8 Å². The maximum Gasteiger partial charge on any atom is 1.00 e. The Morgan fingerprint density at radius 1 is 0.330 bits per heavy atom. The Bertz CT molecular complexity index is 3520. The molecule has 6 aromatic carbocycles. The van der Waals surface area contributed by atoms with E-state index in [0.29, 0.717) is 154 Å². The van der Waals surface area contributed by atoms with Crippen LogP contribution in [-0.2, 0) is 150 Å². The standard InChI is InChI=1S/2C34H37NO7.2CHF3O3S.2CH4O.2Ag/c2*36-21-28-18-33-20-34(19-28)42-17-3-15-40-32-12-8-27(9-13-32)23-38-25-30-5-1-4-29(35-30)24-37-22-26-6-10-31(11-7-26)39-14-2-16-41-33;2*2-1(3,4)8(5,6)7;2*1-2;;/h2*1,4-13,18-20,36H,2-3,14-17,21-25H2;2*(H,5,6,7);2*2H,1H3;;/q;;;;;;2*+1/p-2. The number of aliphatic hydroxyl groups is 4. The van der Waals surface area contributed by atoms with E-state index in [1.54, 1.807) is 0 Å². The number of nitrogens with zero attached hydrogens (tertiary/aromatic N) is 2. The maximum atomic E-state index is 10.7. The topological polar surface area (TPSA) is 332 Å². The molecule has 588 valence electrons. The molecule has 8 aromatic rings. The molecule has 106 heavy (non-hydrogen) atoms. The summed E-state index contributed by atoms with van der Waals surface area (Å²) in [4.78, 5) is 9.33. The molecule has 34 heteroatoms. The van der Waals surface area contributed by atoms with E-state index >= 15 is 0 Å². The van der Waals surface area contributed by atoms with Crippen LogP contribution >= 0.6 is 0 Å². The summed E-state index contributed by atoms with van der Waals surface area (Å²) in [5.41, 5.74) is -2.13. The second-order valence-corrected chi connectivity index (χ2v) is 24.5. The van der Waals surface area contributed by atoms with Crippen LogP contribution in [0.1, 0.15) is 81.8 Å². The van der Waals surface area contributed by atoms with Crippen LogP contribution in [0.5, 0.6) is 46.0 Å². The largest absolute Gasteiger partial charge is 1.00 e. The minimum Gasteiger partial charge on any atom is -0.741 e. The van der Waals surface area contributed by atoms with Crippen molar-refractivity contribution in [3.63, 3.8) is 0 Å². The Hall–Kier alpha value is -7.42. The molecular weight excluding hydrogens is 1640 g/mol. The minimum atomic E-state index is -6.09. The average molecular weight is 1720 g/mol. The fraction of sp³-hybridized carbons (Fsp3) is 0.361. The number of hydrogen-bond acceptors (Lipinski definition) is 24. The first-order chi connectivity index (χ1) is 50.0. The van der Waals surface area contributed by atoms with E-state index in [2.05, 4.69) is 9.97 Å². The van der Waals surface area contributed by atoms with Gasteiger partial charge in [-0.3, -0.25) is 9.97 Å². The zero-order chi connectivity index (χ0) is 75.6. The molecule has 0 radical (unpaired) electrons. The molecule has 16 rings (SSSR count). The van der Waals surface area contributed by atoms with Crippen molar-refractivity contribution in [2.24, 2.45) is 0 Å². The molecule has 0 saturated carbocycles. The predicted molar refractivity (Wildman–Crippen MR) is 363 cm³/mol. The second-order valence-electron chi connectivity index (χ2n) is 21.7. The third-order valence-electron chi connectivity index (χ3n) is 13.6. The van der Waals surface area contributed by atoms with E-state index in [1.165, 1.54) is 0 Å². The second kappa shape index (κ2) is 50.3. The van der Waals surface area contributed by atoms with Crippen molar-refractivity contribution in [1.82, 2.24) is 9.97 Å². The monoisotopic (exact) mass is 1720 g/mol. The van der Waals surface area contributed by atoms with Gasteiger partial charge in [-0.25, -0.2) is 16.8 Å². The summed E-state index contributed by atoms with van der Waals surface area (Å²) < 4.78 is 189. The summed E-state index contributed by atoms with van der Waals surface area (Å²) in [6.45, 7) is 7.42. The zero-order valence-corrected chi connectivity index (χ0v) is 62.0. The molecule has 24 nitrogen and oxygen atoms in total. The zero-order valence-electron chi connectivity index (χ0n) is 57.4. The van der Waals surface area contributed by atoms with E-state index in [4.69, 9.17) is 93.0 Å². The van der Waals surface area contributed by atoms with Crippen LogP contribution in [0.15, 0.2) is 170 Å². The average Bonchev–Trinajstić information content (AvgIpc) is 0.877. The van der Waals surface area contributed by atoms with Gasteiger partial charge in [0.05, 0.1) is 142 Å². The summed E-state index contributed by atoms with van der Waals surface area (Å²) in [6, 6.07) is 54.3. The number of rotatable bonds is 2. The summed E-state index contributed by atoms with van der Waals surface area (Å²) in [6.07, 6.45) is 2.83. The van der Waals surface area contributed by atoms with Crippen molar-refractivity contribution < 1.29 is 174 Å². The Labute approximate surface area is 642 Å². The maximum absolute atomic E-state index is 10.7. The van der Waals surface area contributed by atoms with Crippen LogP contribution in [0, 0.1) is 0 Å². The molecule has 0 atom stereocenters. The third kappa shape index (κ3) is 36.9. The van der Waals surface area contributed by atoms with Gasteiger partial charge in [0.25, 0.3) is 0 Å². The summed E-state index contributed by atoms with van der Waals surface area (Å²) in [5.74, 6) is 5.81. The van der Waals surface area contributed by atoms with Gasteiger partial charge in [0.1, 0.15) is 46.0 Å². The van der Waals surface area contributed by atoms with E-state index in [0.717, 1.165) is 93.4 Å². The number of alkyl halides is 6. The number of pyridine rings is 2. The third-order valence-corrected chi connectivity index (χ3v) is 14.7. The van der Waals surface area contributed by atoms with Gasteiger partial charge in [0.15, 0.2) is 20.2 Å². The number of halogens is 6. The van der Waals surface area contributed by atoms with Crippen molar-refractivity contribution in [1.29, 1.82) is 0 Å². The summed E-state index contributed by atoms with van der Waals surface area (Å²) in [5, 5.41) is 33.3. The molecule has 2 aromatic heterocycles. The molecule has 0 saturated heterocycles. The van der Waals surface area contributed by atoms with Crippen LogP contribution < -0.4 is 37.9 Å². The van der Waals surface area contributed by atoms with Gasteiger partial charge < -0.3 is 86.4 Å². The van der Waals surface area contributed by atoms with Crippen molar-refractivity contribution in [3.8, 4) is 46.0 Å². The van der Waals surface area contributed by atoms with Crippen molar-refractivity contribution >= 4 is 20.2 Å².